The molecule has 2 nitrogen and oxygen atoms in total. The summed E-state index contributed by atoms with van der Waals surface area (Å²) in [6.45, 7) is 1.91. The molecule has 0 aliphatic carbocycles. The molecule has 0 aliphatic heterocycles. The molecule has 2 rings (SSSR count). The van der Waals surface area contributed by atoms with Gasteiger partial charge in [-0.25, -0.2) is 0 Å². The Bertz CT molecular complexity index is 643. The van der Waals surface area contributed by atoms with Gasteiger partial charge < -0.3 is 10.5 Å². The minimum Gasteiger partial charge on any atom is -0.456 e. The molecule has 2 aromatic rings. The van der Waals surface area contributed by atoms with Crippen LogP contribution in [0.2, 0.25) is 10.0 Å². The number of nitrogens with two attached hydrogens (primary N) is 1. The zero-order valence-corrected chi connectivity index (χ0v) is 12.4. The largest absolute Gasteiger partial charge is 0.456 e. The summed E-state index contributed by atoms with van der Waals surface area (Å²) in [5.74, 6) is 1.22. The van der Waals surface area contributed by atoms with Gasteiger partial charge in [0.05, 0.1) is 5.56 Å². The van der Waals surface area contributed by atoms with Crippen molar-refractivity contribution in [2.45, 2.75) is 6.92 Å². The van der Waals surface area contributed by atoms with Crippen LogP contribution in [0.3, 0.4) is 0 Å². The molecule has 0 unspecified atom stereocenters. The van der Waals surface area contributed by atoms with Crippen LogP contribution in [0, 0.1) is 6.92 Å². The topological polar surface area (TPSA) is 35.2 Å². The molecule has 0 aromatic heterocycles. The number of hydrogen-bond acceptors (Lipinski definition) is 2. The maximum atomic E-state index is 5.97. The zero-order chi connectivity index (χ0) is 14.0. The fourth-order valence-electron chi connectivity index (χ4n) is 1.63. The molecule has 2 N–H and O–H groups in total. The van der Waals surface area contributed by atoms with Gasteiger partial charge in [0, 0.05) is 16.1 Å². The molecule has 0 amide bonds. The first-order valence-electron chi connectivity index (χ1n) is 5.51. The minimum atomic E-state index is 0.262. The number of hydrogen-bond donors (Lipinski definition) is 1. The molecular weight excluding hydrogens is 301 g/mol. The maximum absolute atomic E-state index is 5.97. The van der Waals surface area contributed by atoms with Crippen LogP contribution in [0.5, 0.6) is 11.5 Å². The van der Waals surface area contributed by atoms with Crippen molar-refractivity contribution in [1.29, 1.82) is 0 Å². The number of thiocarbonyl (C=S) groups is 1. The lowest BCUT2D eigenvalue weighted by atomic mass is 10.2. The van der Waals surface area contributed by atoms with Gasteiger partial charge in [0.2, 0.25) is 0 Å². The number of benzene rings is 2. The van der Waals surface area contributed by atoms with Crippen molar-refractivity contribution in [2.24, 2.45) is 5.73 Å². The van der Waals surface area contributed by atoms with Gasteiger partial charge in [-0.1, -0.05) is 35.4 Å². The van der Waals surface area contributed by atoms with E-state index in [1.807, 2.05) is 13.0 Å². The second-order valence-corrected chi connectivity index (χ2v) is 5.33. The number of halogens is 2. The molecule has 5 heteroatoms. The van der Waals surface area contributed by atoms with E-state index in [1.54, 1.807) is 30.3 Å². The Kier molecular flexibility index (Phi) is 4.30. The monoisotopic (exact) mass is 311 g/mol. The molecule has 0 radical (unpaired) electrons. The van der Waals surface area contributed by atoms with E-state index < -0.39 is 0 Å². The molecule has 0 bridgehead atoms. The van der Waals surface area contributed by atoms with E-state index in [4.69, 9.17) is 45.9 Å². The van der Waals surface area contributed by atoms with Crippen molar-refractivity contribution in [1.82, 2.24) is 0 Å². The second kappa shape index (κ2) is 5.78. The minimum absolute atomic E-state index is 0.262. The van der Waals surface area contributed by atoms with Crippen LogP contribution in [-0.2, 0) is 0 Å². The van der Waals surface area contributed by atoms with Crippen LogP contribution in [0.1, 0.15) is 11.1 Å². The summed E-state index contributed by atoms with van der Waals surface area (Å²) in [5.41, 5.74) is 7.23. The fourth-order valence-corrected chi connectivity index (χ4v) is 2.19. The van der Waals surface area contributed by atoms with Crippen molar-refractivity contribution < 1.29 is 4.74 Å². The predicted molar refractivity (Wildman–Crippen MR) is 83.6 cm³/mol. The zero-order valence-electron chi connectivity index (χ0n) is 10.1. The summed E-state index contributed by atoms with van der Waals surface area (Å²) >= 11 is 16.9. The summed E-state index contributed by atoms with van der Waals surface area (Å²) < 4.78 is 5.83. The summed E-state index contributed by atoms with van der Waals surface area (Å²) in [6.07, 6.45) is 0. The molecule has 0 fully saturated rings. The van der Waals surface area contributed by atoms with Crippen LogP contribution in [-0.4, -0.2) is 4.99 Å². The van der Waals surface area contributed by atoms with Gasteiger partial charge in [-0.15, -0.1) is 0 Å². The molecule has 0 atom stereocenters. The summed E-state index contributed by atoms with van der Waals surface area (Å²) in [5, 5.41) is 1.21. The summed E-state index contributed by atoms with van der Waals surface area (Å²) in [6, 6.07) is 10.5. The van der Waals surface area contributed by atoms with Gasteiger partial charge in [0.25, 0.3) is 0 Å². The van der Waals surface area contributed by atoms with Gasteiger partial charge in [0.15, 0.2) is 0 Å². The molecule has 0 spiro atoms. The molecule has 98 valence electrons. The number of ether oxygens (including phenoxy) is 1. The number of rotatable bonds is 3. The third-order valence-electron chi connectivity index (χ3n) is 2.57. The van der Waals surface area contributed by atoms with Crippen molar-refractivity contribution in [3.05, 3.63) is 57.6 Å². The third kappa shape index (κ3) is 3.38. The molecule has 2 aromatic carbocycles. The Morgan fingerprint density at radius 1 is 1.05 bits per heavy atom. The molecule has 0 heterocycles. The highest BCUT2D eigenvalue weighted by Crippen LogP contribution is 2.31. The van der Waals surface area contributed by atoms with E-state index in [9.17, 15) is 0 Å². The lowest BCUT2D eigenvalue weighted by molar-refractivity contribution is 0.478. The molecule has 0 saturated carbocycles. The van der Waals surface area contributed by atoms with E-state index in [2.05, 4.69) is 0 Å². The highest BCUT2D eigenvalue weighted by atomic mass is 35.5. The molecule has 0 aliphatic rings. The van der Waals surface area contributed by atoms with Crippen LogP contribution in [0.4, 0.5) is 0 Å². The van der Waals surface area contributed by atoms with E-state index in [-0.39, 0.29) is 4.99 Å². The van der Waals surface area contributed by atoms with Gasteiger partial charge in [0.1, 0.15) is 16.5 Å². The Morgan fingerprint density at radius 3 is 2.32 bits per heavy atom. The van der Waals surface area contributed by atoms with Gasteiger partial charge >= 0.3 is 0 Å². The van der Waals surface area contributed by atoms with Crippen LogP contribution < -0.4 is 10.5 Å². The van der Waals surface area contributed by atoms with Gasteiger partial charge in [-0.05, 0) is 42.8 Å². The van der Waals surface area contributed by atoms with E-state index in [0.717, 1.165) is 5.56 Å². The lowest BCUT2D eigenvalue weighted by Gasteiger charge is -2.12. The highest BCUT2D eigenvalue weighted by molar-refractivity contribution is 7.80. The second-order valence-electron chi connectivity index (χ2n) is 4.02. The Balaban J connectivity index is 2.42. The van der Waals surface area contributed by atoms with Crippen LogP contribution in [0.15, 0.2) is 36.4 Å². The van der Waals surface area contributed by atoms with Crippen molar-refractivity contribution in [2.75, 3.05) is 0 Å². The van der Waals surface area contributed by atoms with E-state index in [0.29, 0.717) is 27.1 Å². The van der Waals surface area contributed by atoms with Gasteiger partial charge in [-0.2, -0.15) is 0 Å². The average Bonchev–Trinajstić information content (AvgIpc) is 2.32. The first-order valence-corrected chi connectivity index (χ1v) is 6.67. The van der Waals surface area contributed by atoms with Crippen molar-refractivity contribution in [3.63, 3.8) is 0 Å². The Morgan fingerprint density at radius 2 is 1.68 bits per heavy atom. The average molecular weight is 312 g/mol. The Labute approximate surface area is 127 Å². The standard InChI is InChI=1S/C14H11Cl2NOS/c1-8-6-9(15)3-5-12(8)18-13-7-10(16)2-4-11(13)14(17)19/h2-7H,1H3,(H2,17,19). The first kappa shape index (κ1) is 14.1. The van der Waals surface area contributed by atoms with E-state index >= 15 is 0 Å². The Hall–Kier alpha value is -1.29. The quantitative estimate of drug-likeness (QED) is 0.832. The summed E-state index contributed by atoms with van der Waals surface area (Å²) in [7, 11) is 0. The normalized spacial score (nSPS) is 10.3. The first-order chi connectivity index (χ1) is 8.97. The van der Waals surface area contributed by atoms with Crippen molar-refractivity contribution >= 4 is 40.4 Å². The number of aryl methyl sites for hydroxylation is 1. The lowest BCUT2D eigenvalue weighted by Crippen LogP contribution is -2.10. The smallest absolute Gasteiger partial charge is 0.139 e. The highest BCUT2D eigenvalue weighted by Gasteiger charge is 2.10. The molecule has 0 saturated heterocycles. The maximum Gasteiger partial charge on any atom is 0.139 e. The SMILES string of the molecule is Cc1cc(Cl)ccc1Oc1cc(Cl)ccc1C(N)=S. The summed E-state index contributed by atoms with van der Waals surface area (Å²) in [4.78, 5) is 0.262. The van der Waals surface area contributed by atoms with Crippen LogP contribution >= 0.6 is 35.4 Å². The third-order valence-corrected chi connectivity index (χ3v) is 3.26. The van der Waals surface area contributed by atoms with Crippen molar-refractivity contribution in [3.8, 4) is 11.5 Å². The predicted octanol–water partition coefficient (Wildman–Crippen LogP) is 4.73. The fraction of sp³-hybridized carbons (Fsp3) is 0.0714. The molecular formula is C14H11Cl2NOS. The molecule has 19 heavy (non-hydrogen) atoms. The van der Waals surface area contributed by atoms with E-state index in [1.165, 1.54) is 0 Å². The van der Waals surface area contributed by atoms with Gasteiger partial charge in [-0.3, -0.25) is 0 Å². The van der Waals surface area contributed by atoms with Crippen LogP contribution in [0.25, 0.3) is 0 Å².